The van der Waals surface area contributed by atoms with E-state index < -0.39 is 59.8 Å². The molecular weight excluding hydrogens is 801 g/mol. The molecule has 0 aromatic rings. The summed E-state index contributed by atoms with van der Waals surface area (Å²) in [6, 6.07) is 0. The minimum Gasteiger partial charge on any atom is -0.457 e. The first-order valence-electron chi connectivity index (χ1n) is 23.9. The van der Waals surface area contributed by atoms with Crippen LogP contribution in [0.2, 0.25) is 0 Å². The standard InChI is InChI=1S/C48H86O12S/c1-3-5-7-9-11-13-15-17-19-20-21-22-24-26-28-30-32-34-36-38-56-40-42(41-57-48-46(52)47(60-61(53,54)55)45(51)43(39-49)59-48)58-44(50)37-35-33-31-29-27-25-23-18-16-14-12-10-8-6-4-2/h6,8,12,14,18-20,23,42-43,45-49,51-52H,3-5,7,9-11,13,15-17,21-22,24-41H2,1-2H3,(H,53,54,55)/b8-6-,14-12-,20-19-,23-18-. The van der Waals surface area contributed by atoms with E-state index in [0.717, 1.165) is 70.6 Å². The summed E-state index contributed by atoms with van der Waals surface area (Å²) in [6.45, 7) is 3.85. The number of hydrogen-bond donors (Lipinski definition) is 4. The monoisotopic (exact) mass is 887 g/mol. The van der Waals surface area contributed by atoms with Crippen molar-refractivity contribution in [2.75, 3.05) is 26.4 Å². The largest absolute Gasteiger partial charge is 0.457 e. The molecule has 1 aliphatic rings. The second kappa shape index (κ2) is 39.6. The number of aliphatic hydroxyl groups is 3. The Morgan fingerprint density at radius 2 is 1.13 bits per heavy atom. The summed E-state index contributed by atoms with van der Waals surface area (Å²) < 4.78 is 59.1. The summed E-state index contributed by atoms with van der Waals surface area (Å²) in [4.78, 5) is 12.9. The molecule has 1 heterocycles. The van der Waals surface area contributed by atoms with Gasteiger partial charge in [-0.05, 0) is 70.6 Å². The van der Waals surface area contributed by atoms with Crippen LogP contribution in [-0.2, 0) is 38.3 Å². The van der Waals surface area contributed by atoms with Gasteiger partial charge in [-0.3, -0.25) is 9.35 Å². The molecule has 6 atom stereocenters. The van der Waals surface area contributed by atoms with Gasteiger partial charge in [-0.25, -0.2) is 4.18 Å². The van der Waals surface area contributed by atoms with Crippen LogP contribution >= 0.6 is 0 Å². The van der Waals surface area contributed by atoms with E-state index >= 15 is 0 Å². The molecule has 1 rings (SSSR count). The summed E-state index contributed by atoms with van der Waals surface area (Å²) >= 11 is 0. The maximum absolute atomic E-state index is 12.9. The van der Waals surface area contributed by atoms with Crippen molar-refractivity contribution in [2.24, 2.45) is 0 Å². The molecule has 61 heavy (non-hydrogen) atoms. The van der Waals surface area contributed by atoms with Gasteiger partial charge in [0, 0.05) is 13.0 Å². The highest BCUT2D eigenvalue weighted by Crippen LogP contribution is 2.26. The first-order chi connectivity index (χ1) is 29.6. The Balaban J connectivity index is 2.41. The smallest absolute Gasteiger partial charge is 0.397 e. The highest BCUT2D eigenvalue weighted by molar-refractivity contribution is 7.80. The summed E-state index contributed by atoms with van der Waals surface area (Å²) in [5.74, 6) is -0.417. The van der Waals surface area contributed by atoms with E-state index in [0.29, 0.717) is 13.0 Å². The molecule has 0 saturated carbocycles. The van der Waals surface area contributed by atoms with E-state index in [9.17, 15) is 28.5 Å². The molecule has 0 spiro atoms. The van der Waals surface area contributed by atoms with Crippen LogP contribution in [0.25, 0.3) is 0 Å². The van der Waals surface area contributed by atoms with Crippen molar-refractivity contribution >= 4 is 16.4 Å². The van der Waals surface area contributed by atoms with Crippen LogP contribution in [-0.4, -0.2) is 97.5 Å². The van der Waals surface area contributed by atoms with Crippen molar-refractivity contribution < 1.29 is 56.2 Å². The maximum Gasteiger partial charge on any atom is 0.397 e. The number of ether oxygens (including phenoxy) is 4. The Morgan fingerprint density at radius 3 is 1.67 bits per heavy atom. The molecule has 0 radical (unpaired) electrons. The van der Waals surface area contributed by atoms with Crippen molar-refractivity contribution in [3.8, 4) is 0 Å². The van der Waals surface area contributed by atoms with Gasteiger partial charge < -0.3 is 34.3 Å². The van der Waals surface area contributed by atoms with Crippen molar-refractivity contribution in [2.45, 2.75) is 224 Å². The highest BCUT2D eigenvalue weighted by Gasteiger charge is 2.48. The summed E-state index contributed by atoms with van der Waals surface area (Å²) in [5, 5.41) is 30.7. The van der Waals surface area contributed by atoms with Crippen molar-refractivity contribution in [3.63, 3.8) is 0 Å². The van der Waals surface area contributed by atoms with Crippen molar-refractivity contribution in [3.05, 3.63) is 48.6 Å². The number of carbonyl (C=O) groups is 1. The van der Waals surface area contributed by atoms with Gasteiger partial charge in [-0.15, -0.1) is 0 Å². The van der Waals surface area contributed by atoms with Gasteiger partial charge in [-0.2, -0.15) is 8.42 Å². The minimum absolute atomic E-state index is 0.0261. The first kappa shape index (κ1) is 57.1. The predicted molar refractivity (Wildman–Crippen MR) is 243 cm³/mol. The van der Waals surface area contributed by atoms with Crippen LogP contribution in [0.15, 0.2) is 48.6 Å². The van der Waals surface area contributed by atoms with Crippen LogP contribution in [0.5, 0.6) is 0 Å². The highest BCUT2D eigenvalue weighted by atomic mass is 32.3. The predicted octanol–water partition coefficient (Wildman–Crippen LogP) is 10.4. The van der Waals surface area contributed by atoms with E-state index in [1.165, 1.54) is 89.9 Å². The zero-order valence-electron chi connectivity index (χ0n) is 38.0. The lowest BCUT2D eigenvalue weighted by atomic mass is 9.99. The SMILES string of the molecule is CC/C=C\C/C=C\C/C=C\CCCCCCCC(=O)OC(COCCCCCCCCCC/C=C\CCCCCCCCC)COC1OC(CO)C(O)C(OS(=O)(=O)O)C1O. The summed E-state index contributed by atoms with van der Waals surface area (Å²) in [5.41, 5.74) is 0. The molecule has 12 nitrogen and oxygen atoms in total. The molecule has 6 unspecified atom stereocenters. The quantitative estimate of drug-likeness (QED) is 0.0198. The second-order valence-corrected chi connectivity index (χ2v) is 17.4. The van der Waals surface area contributed by atoms with Gasteiger partial charge in [0.25, 0.3) is 0 Å². The van der Waals surface area contributed by atoms with E-state index in [1.54, 1.807) is 0 Å². The molecule has 0 bridgehead atoms. The van der Waals surface area contributed by atoms with Gasteiger partial charge in [0.15, 0.2) is 6.29 Å². The van der Waals surface area contributed by atoms with Crippen LogP contribution in [0.4, 0.5) is 0 Å². The number of allylic oxidation sites excluding steroid dienone is 8. The molecular formula is C48H86O12S. The molecule has 1 aliphatic heterocycles. The van der Waals surface area contributed by atoms with Crippen molar-refractivity contribution in [1.29, 1.82) is 0 Å². The third kappa shape index (κ3) is 33.3. The molecule has 0 aromatic carbocycles. The van der Waals surface area contributed by atoms with Crippen LogP contribution in [0.3, 0.4) is 0 Å². The third-order valence-electron chi connectivity index (χ3n) is 10.7. The van der Waals surface area contributed by atoms with E-state index in [-0.39, 0.29) is 19.6 Å². The molecule has 1 fully saturated rings. The lowest BCUT2D eigenvalue weighted by Gasteiger charge is -2.41. The van der Waals surface area contributed by atoms with E-state index in [4.69, 9.17) is 23.5 Å². The lowest BCUT2D eigenvalue weighted by molar-refractivity contribution is -0.301. The van der Waals surface area contributed by atoms with Gasteiger partial charge in [-0.1, -0.05) is 159 Å². The summed E-state index contributed by atoms with van der Waals surface area (Å²) in [6.07, 6.45) is 38.6. The Kier molecular flexibility index (Phi) is 37.1. The molecule has 0 aromatic heterocycles. The normalized spacial score (nSPS) is 20.5. The fourth-order valence-corrected chi connectivity index (χ4v) is 7.60. The Morgan fingerprint density at radius 1 is 0.639 bits per heavy atom. The molecule has 0 amide bonds. The minimum atomic E-state index is -5.07. The third-order valence-corrected chi connectivity index (χ3v) is 11.2. The molecule has 4 N–H and O–H groups in total. The maximum atomic E-state index is 12.9. The van der Waals surface area contributed by atoms with Crippen LogP contribution < -0.4 is 0 Å². The fraction of sp³-hybridized carbons (Fsp3) is 0.812. The lowest BCUT2D eigenvalue weighted by Crippen LogP contribution is -2.60. The number of rotatable bonds is 41. The number of unbranched alkanes of at least 4 members (excludes halogenated alkanes) is 20. The number of esters is 1. The zero-order valence-corrected chi connectivity index (χ0v) is 38.8. The van der Waals surface area contributed by atoms with E-state index in [2.05, 4.69) is 66.6 Å². The Bertz CT molecular complexity index is 1250. The van der Waals surface area contributed by atoms with Gasteiger partial charge in [0.1, 0.15) is 30.5 Å². The van der Waals surface area contributed by atoms with Gasteiger partial charge in [0.05, 0.1) is 19.8 Å². The van der Waals surface area contributed by atoms with Crippen molar-refractivity contribution in [1.82, 2.24) is 0 Å². The molecule has 1 saturated heterocycles. The summed E-state index contributed by atoms with van der Waals surface area (Å²) in [7, 11) is -5.07. The average molecular weight is 887 g/mol. The zero-order chi connectivity index (χ0) is 44.7. The first-order valence-corrected chi connectivity index (χ1v) is 25.3. The fourth-order valence-electron chi connectivity index (χ4n) is 7.09. The number of carbonyl (C=O) groups excluding carboxylic acids is 1. The number of hydrogen-bond acceptors (Lipinski definition) is 11. The Labute approximate surface area is 370 Å². The van der Waals surface area contributed by atoms with Gasteiger partial charge in [0.2, 0.25) is 0 Å². The topological polar surface area (TPSA) is 178 Å². The van der Waals surface area contributed by atoms with Crippen LogP contribution in [0, 0.1) is 0 Å². The van der Waals surface area contributed by atoms with E-state index in [1.807, 2.05) is 0 Å². The second-order valence-electron chi connectivity index (χ2n) is 16.3. The number of aliphatic hydroxyl groups excluding tert-OH is 3. The molecule has 0 aliphatic carbocycles. The van der Waals surface area contributed by atoms with Crippen LogP contribution in [0.1, 0.15) is 187 Å². The average Bonchev–Trinajstić information content (AvgIpc) is 3.23. The van der Waals surface area contributed by atoms with Gasteiger partial charge >= 0.3 is 16.4 Å². The Hall–Kier alpha value is -1.94. The molecule has 356 valence electrons. The molecule has 13 heteroatoms.